The molecule has 0 spiro atoms. The van der Waals surface area contributed by atoms with Gasteiger partial charge in [0.25, 0.3) is 5.91 Å². The van der Waals surface area contributed by atoms with Gasteiger partial charge in [0.1, 0.15) is 4.32 Å². The summed E-state index contributed by atoms with van der Waals surface area (Å²) in [7, 11) is 0. The summed E-state index contributed by atoms with van der Waals surface area (Å²) in [6.45, 7) is 1.24. The molecular weight excluding hydrogens is 198 g/mol. The molecule has 0 aromatic carbocycles. The Hall–Kier alpha value is -0.820. The first kappa shape index (κ1) is 11.2. The van der Waals surface area contributed by atoms with Crippen LogP contribution in [0.3, 0.4) is 0 Å². The van der Waals surface area contributed by atoms with Crippen LogP contribution in [0.4, 0.5) is 0 Å². The lowest BCUT2D eigenvalue weighted by atomic mass is 10.6. The number of rotatable bonds is 2. The molecule has 0 radical (unpaired) electrons. The van der Waals surface area contributed by atoms with E-state index in [9.17, 15) is 9.59 Å². The number of amides is 2. The van der Waals surface area contributed by atoms with Crippen LogP contribution < -0.4 is 16.2 Å². The average Bonchev–Trinajstić information content (AvgIpc) is 1.96. The molecule has 2 amide bonds. The van der Waals surface area contributed by atoms with E-state index in [-0.39, 0.29) is 22.7 Å². The highest BCUT2D eigenvalue weighted by molar-refractivity contribution is 8.11. The van der Waals surface area contributed by atoms with Crippen LogP contribution in [0.1, 0.15) is 6.92 Å². The van der Waals surface area contributed by atoms with Gasteiger partial charge in [-0.3, -0.25) is 20.4 Å². The van der Waals surface area contributed by atoms with Crippen LogP contribution in [0.15, 0.2) is 0 Å². The van der Waals surface area contributed by atoms with E-state index < -0.39 is 0 Å². The van der Waals surface area contributed by atoms with Crippen LogP contribution in [-0.2, 0) is 9.59 Å². The molecule has 5 nitrogen and oxygen atoms in total. The van der Waals surface area contributed by atoms with Crippen LogP contribution in [0, 0.1) is 0 Å². The summed E-state index contributed by atoms with van der Waals surface area (Å²) >= 11 is 8.20. The Labute approximate surface area is 80.7 Å². The van der Waals surface area contributed by atoms with Gasteiger partial charge in [-0.1, -0.05) is 12.2 Å². The van der Waals surface area contributed by atoms with Crippen LogP contribution in [-0.4, -0.2) is 22.7 Å². The Morgan fingerprint density at radius 1 is 1.42 bits per heavy atom. The normalized spacial score (nSPS) is 8.50. The summed E-state index contributed by atoms with van der Waals surface area (Å²) in [5, 5.41) is 2.31. The lowest BCUT2D eigenvalue weighted by Gasteiger charge is -2.05. The second-order valence-electron chi connectivity index (χ2n) is 1.89. The van der Waals surface area contributed by atoms with E-state index in [0.29, 0.717) is 0 Å². The molecule has 12 heavy (non-hydrogen) atoms. The maximum atomic E-state index is 10.8. The van der Waals surface area contributed by atoms with Crippen LogP contribution in [0.2, 0.25) is 0 Å². The molecule has 0 unspecified atom stereocenters. The molecular formula is C5H9N3O2S2. The van der Waals surface area contributed by atoms with Crippen molar-refractivity contribution in [1.29, 1.82) is 0 Å². The first-order valence-electron chi connectivity index (χ1n) is 3.04. The Morgan fingerprint density at radius 3 is 2.42 bits per heavy atom. The third-order valence-corrected chi connectivity index (χ3v) is 1.02. The maximum Gasteiger partial charge on any atom is 0.257 e. The Morgan fingerprint density at radius 2 is 2.00 bits per heavy atom. The van der Waals surface area contributed by atoms with Crippen molar-refractivity contribution >= 4 is 41.0 Å². The summed E-state index contributed by atoms with van der Waals surface area (Å²) < 4.78 is 0.158. The molecule has 68 valence electrons. The van der Waals surface area contributed by atoms with Crippen molar-refractivity contribution in [2.24, 2.45) is 0 Å². The fourth-order valence-electron chi connectivity index (χ4n) is 0.372. The summed E-state index contributed by atoms with van der Waals surface area (Å²) in [4.78, 5) is 21.1. The highest BCUT2D eigenvalue weighted by atomic mass is 32.1. The van der Waals surface area contributed by atoms with E-state index in [0.717, 1.165) is 0 Å². The van der Waals surface area contributed by atoms with E-state index in [1.54, 1.807) is 0 Å². The number of hydrazine groups is 1. The van der Waals surface area contributed by atoms with Crippen molar-refractivity contribution in [2.45, 2.75) is 6.92 Å². The molecule has 0 aliphatic rings. The molecule has 0 aliphatic heterocycles. The minimum absolute atomic E-state index is 0.0846. The first-order valence-corrected chi connectivity index (χ1v) is 3.90. The van der Waals surface area contributed by atoms with Gasteiger partial charge in [0.05, 0.1) is 6.54 Å². The molecule has 0 aromatic heterocycles. The molecule has 3 N–H and O–H groups in total. The van der Waals surface area contributed by atoms with E-state index in [4.69, 9.17) is 0 Å². The van der Waals surface area contributed by atoms with Crippen molar-refractivity contribution < 1.29 is 9.59 Å². The van der Waals surface area contributed by atoms with Gasteiger partial charge in [0.2, 0.25) is 5.91 Å². The van der Waals surface area contributed by atoms with Gasteiger partial charge >= 0.3 is 0 Å². The van der Waals surface area contributed by atoms with Crippen molar-refractivity contribution in [3.63, 3.8) is 0 Å². The monoisotopic (exact) mass is 207 g/mol. The molecule has 0 aromatic rings. The zero-order chi connectivity index (χ0) is 9.56. The van der Waals surface area contributed by atoms with Crippen LogP contribution >= 0.6 is 24.8 Å². The second-order valence-corrected chi connectivity index (χ2v) is 3.05. The van der Waals surface area contributed by atoms with Gasteiger partial charge < -0.3 is 5.32 Å². The number of carbonyl (C=O) groups is 2. The number of thiol groups is 1. The molecule has 0 rings (SSSR count). The predicted molar refractivity (Wildman–Crippen MR) is 51.5 cm³/mol. The maximum absolute atomic E-state index is 10.8. The van der Waals surface area contributed by atoms with Crippen LogP contribution in [0.25, 0.3) is 0 Å². The minimum Gasteiger partial charge on any atom is -0.347 e. The summed E-state index contributed by atoms with van der Waals surface area (Å²) in [6, 6.07) is 0. The van der Waals surface area contributed by atoms with Gasteiger partial charge in [-0.2, -0.15) is 0 Å². The van der Waals surface area contributed by atoms with Crippen molar-refractivity contribution in [3.05, 3.63) is 0 Å². The number of hydrogen-bond acceptors (Lipinski definition) is 3. The molecule has 0 saturated carbocycles. The Kier molecular flexibility index (Phi) is 5.39. The molecule has 0 atom stereocenters. The average molecular weight is 207 g/mol. The smallest absolute Gasteiger partial charge is 0.257 e. The van der Waals surface area contributed by atoms with E-state index in [2.05, 4.69) is 41.0 Å². The quantitative estimate of drug-likeness (QED) is 0.265. The van der Waals surface area contributed by atoms with Gasteiger partial charge in [-0.25, -0.2) is 0 Å². The van der Waals surface area contributed by atoms with Crippen molar-refractivity contribution in [1.82, 2.24) is 16.2 Å². The third kappa shape index (κ3) is 7.29. The van der Waals surface area contributed by atoms with Gasteiger partial charge in [0, 0.05) is 6.92 Å². The zero-order valence-electron chi connectivity index (χ0n) is 6.38. The van der Waals surface area contributed by atoms with Crippen LogP contribution in [0.5, 0.6) is 0 Å². The van der Waals surface area contributed by atoms with Gasteiger partial charge in [-0.15, -0.1) is 12.6 Å². The second kappa shape index (κ2) is 5.78. The fourth-order valence-corrected chi connectivity index (χ4v) is 0.479. The molecule has 0 aliphatic carbocycles. The largest absolute Gasteiger partial charge is 0.347 e. The lowest BCUT2D eigenvalue weighted by molar-refractivity contribution is -0.125. The fraction of sp³-hybridized carbons (Fsp3) is 0.400. The number of thiocarbonyl (C=S) groups is 1. The molecule has 0 heterocycles. The number of nitrogens with one attached hydrogen (secondary N) is 3. The van der Waals surface area contributed by atoms with Crippen molar-refractivity contribution in [3.8, 4) is 0 Å². The third-order valence-electron chi connectivity index (χ3n) is 0.807. The first-order chi connectivity index (χ1) is 5.52. The lowest BCUT2D eigenvalue weighted by Crippen LogP contribution is -2.44. The SMILES string of the molecule is CC(=O)NCC(=O)NNC(=S)S. The number of hydrogen-bond donors (Lipinski definition) is 4. The predicted octanol–water partition coefficient (Wildman–Crippen LogP) is -1.04. The van der Waals surface area contributed by atoms with Crippen molar-refractivity contribution in [2.75, 3.05) is 6.54 Å². The molecule has 0 saturated heterocycles. The summed E-state index contributed by atoms with van der Waals surface area (Å²) in [5.41, 5.74) is 4.53. The van der Waals surface area contributed by atoms with E-state index in [1.807, 2.05) is 0 Å². The highest BCUT2D eigenvalue weighted by Crippen LogP contribution is 1.72. The molecule has 0 fully saturated rings. The van der Waals surface area contributed by atoms with Gasteiger partial charge in [-0.05, 0) is 0 Å². The van der Waals surface area contributed by atoms with Gasteiger partial charge in [0.15, 0.2) is 0 Å². The number of carbonyl (C=O) groups excluding carboxylic acids is 2. The Bertz CT molecular complexity index is 187. The van der Waals surface area contributed by atoms with E-state index >= 15 is 0 Å². The summed E-state index contributed by atoms with van der Waals surface area (Å²) in [5.74, 6) is -0.653. The molecule has 7 heteroatoms. The molecule has 0 bridgehead atoms. The standard InChI is InChI=1S/C5H9N3O2S2/c1-3(9)6-2-4(10)7-8-5(11)12/h2H2,1H3,(H,6,9)(H,7,10)(H2,8,11,12). The zero-order valence-corrected chi connectivity index (χ0v) is 8.09. The topological polar surface area (TPSA) is 70.2 Å². The summed E-state index contributed by atoms with van der Waals surface area (Å²) in [6.07, 6.45) is 0. The highest BCUT2D eigenvalue weighted by Gasteiger charge is 2.00. The minimum atomic E-state index is -0.387. The Balaban J connectivity index is 3.47. The van der Waals surface area contributed by atoms with E-state index in [1.165, 1.54) is 6.92 Å².